The molecular weight excluding hydrogens is 174 g/mol. The zero-order valence-electron chi connectivity index (χ0n) is 3.12. The zero-order chi connectivity index (χ0) is 2.00. The fourth-order valence-corrected chi connectivity index (χ4v) is 0. The second-order valence-corrected chi connectivity index (χ2v) is 0. The summed E-state index contributed by atoms with van der Waals surface area (Å²) >= 11 is 2.94. The third kappa shape index (κ3) is 18.5. The van der Waals surface area contributed by atoms with Crippen molar-refractivity contribution >= 4 is 0 Å². The normalized spacial score (nSPS) is 1.20. The summed E-state index contributed by atoms with van der Waals surface area (Å²) in [5, 5.41) is 0. The van der Waals surface area contributed by atoms with Crippen molar-refractivity contribution in [2.45, 2.75) is 0 Å². The van der Waals surface area contributed by atoms with Crippen molar-refractivity contribution in [2.24, 2.45) is 0 Å². The summed E-state index contributed by atoms with van der Waals surface area (Å²) in [6.07, 6.45) is 0. The molecule has 0 aromatic heterocycles. The first-order valence-electron chi connectivity index (χ1n) is 0.123. The van der Waals surface area contributed by atoms with Crippen LogP contribution in [0.5, 0.6) is 0 Å². The predicted octanol–water partition coefficient (Wildman–Crippen LogP) is -6.23. The first kappa shape index (κ1) is 23.5. The van der Waals surface area contributed by atoms with Crippen molar-refractivity contribution in [1.29, 1.82) is 0 Å². The van der Waals surface area contributed by atoms with E-state index < -0.39 is 0 Å². The molecule has 0 unspecified atom stereocenters. The Kier molecular flexibility index (Phi) is 121. The van der Waals surface area contributed by atoms with Gasteiger partial charge in [-0.05, 0) is 0 Å². The van der Waals surface area contributed by atoms with Gasteiger partial charge < -0.3 is 5.48 Å². The van der Waals surface area contributed by atoms with Crippen molar-refractivity contribution in [1.82, 2.24) is 0 Å². The Labute approximate surface area is 124 Å². The van der Waals surface area contributed by atoms with E-state index in [9.17, 15) is 0 Å². The molecule has 0 aliphatic rings. The summed E-state index contributed by atoms with van der Waals surface area (Å²) in [4.78, 5) is 0. The van der Waals surface area contributed by atoms with Gasteiger partial charge in [0.25, 0.3) is 0 Å². The summed E-state index contributed by atoms with van der Waals surface area (Å²) in [7, 11) is 0. The molecular formula is CuK2O2. The number of hydrogen-bond donors (Lipinski definition) is 0. The summed E-state index contributed by atoms with van der Waals surface area (Å²) in [6, 6.07) is 0. The zero-order valence-corrected chi connectivity index (χ0v) is 10.3. The first-order valence-corrected chi connectivity index (χ1v) is 0.508. The molecule has 0 fully saturated rings. The van der Waals surface area contributed by atoms with Crippen molar-refractivity contribution in [3.05, 3.63) is 0 Å². The number of hydrogen-bond acceptors (Lipinski definition) is 1. The van der Waals surface area contributed by atoms with Crippen LogP contribution in [-0.2, 0) is 25.3 Å². The fourth-order valence-electron chi connectivity index (χ4n) is 0. The molecule has 0 spiro atoms. The molecule has 5 heteroatoms. The third-order valence-corrected chi connectivity index (χ3v) is 0. The minimum atomic E-state index is 0. The van der Waals surface area contributed by atoms with E-state index in [-0.39, 0.29) is 108 Å². The molecule has 0 saturated heterocycles. The standard InChI is InChI=1S/Cu.2K.2O/q;2*+1;;-2. The molecule has 0 aliphatic heterocycles. The molecule has 0 N–H and O–H groups in total. The monoisotopic (exact) mass is 173 g/mol. The summed E-state index contributed by atoms with van der Waals surface area (Å²) < 4.78 is 7.81. The van der Waals surface area contributed by atoms with E-state index in [4.69, 9.17) is 3.83 Å². The summed E-state index contributed by atoms with van der Waals surface area (Å²) in [6.45, 7) is 0. The Bertz CT molecular complexity index is 7.61. The van der Waals surface area contributed by atoms with Gasteiger partial charge in [0.2, 0.25) is 0 Å². The first-order chi connectivity index (χ1) is 1.00. The molecule has 0 atom stereocenters. The van der Waals surface area contributed by atoms with Gasteiger partial charge in [-0.2, -0.15) is 0 Å². The van der Waals surface area contributed by atoms with Crippen molar-refractivity contribution in [3.63, 3.8) is 0 Å². The van der Waals surface area contributed by atoms with Gasteiger partial charge in [0.1, 0.15) is 0 Å². The van der Waals surface area contributed by atoms with E-state index in [1.807, 2.05) is 0 Å². The van der Waals surface area contributed by atoms with Crippen molar-refractivity contribution in [2.75, 3.05) is 0 Å². The Morgan fingerprint density at radius 3 is 1.00 bits per heavy atom. The van der Waals surface area contributed by atoms with Crippen LogP contribution in [0, 0.1) is 0 Å². The second-order valence-electron chi connectivity index (χ2n) is 0. The van der Waals surface area contributed by atoms with Crippen LogP contribution in [0.3, 0.4) is 0 Å². The molecule has 0 aromatic carbocycles. The topological polar surface area (TPSA) is 45.6 Å². The van der Waals surface area contributed by atoms with Crippen LogP contribution in [0.1, 0.15) is 0 Å². The Hall–Kier alpha value is 3.55. The molecule has 25 valence electrons. The van der Waals surface area contributed by atoms with Gasteiger partial charge in [0.05, 0.1) is 0 Å². The molecule has 0 saturated carbocycles. The van der Waals surface area contributed by atoms with E-state index in [0.29, 0.717) is 0 Å². The van der Waals surface area contributed by atoms with Gasteiger partial charge in [-0.15, -0.1) is 0 Å². The van der Waals surface area contributed by atoms with Crippen LogP contribution < -0.4 is 103 Å². The van der Waals surface area contributed by atoms with Crippen LogP contribution in [-0.4, -0.2) is 0 Å². The molecule has 0 rings (SSSR count). The Morgan fingerprint density at radius 1 is 1.00 bits per heavy atom. The summed E-state index contributed by atoms with van der Waals surface area (Å²) in [5.41, 5.74) is 0. The average Bonchev–Trinajstić information content (AvgIpc) is 1.00. The summed E-state index contributed by atoms with van der Waals surface area (Å²) in [5.74, 6) is 0. The van der Waals surface area contributed by atoms with Crippen LogP contribution >= 0.6 is 0 Å². The Morgan fingerprint density at radius 2 is 1.00 bits per heavy atom. The van der Waals surface area contributed by atoms with Crippen LogP contribution in [0.25, 0.3) is 0 Å². The SMILES string of the molecule is [K+].[K+].[O-2].[O]=[Cu]. The predicted molar refractivity (Wildman–Crippen MR) is 1.37 cm³/mol. The van der Waals surface area contributed by atoms with Crippen LogP contribution in [0.4, 0.5) is 0 Å². The fraction of sp³-hybridized carbons (Fsp3) is 0. The van der Waals surface area contributed by atoms with Gasteiger partial charge in [0, 0.05) is 0 Å². The average molecular weight is 174 g/mol. The third-order valence-electron chi connectivity index (χ3n) is 0. The number of rotatable bonds is 0. The quantitative estimate of drug-likeness (QED) is 0.337. The van der Waals surface area contributed by atoms with Crippen molar-refractivity contribution in [3.8, 4) is 0 Å². The van der Waals surface area contributed by atoms with E-state index in [2.05, 4.69) is 15.9 Å². The van der Waals surface area contributed by atoms with Crippen LogP contribution in [0.2, 0.25) is 0 Å². The molecule has 5 heavy (non-hydrogen) atoms. The van der Waals surface area contributed by atoms with Gasteiger partial charge in [0.15, 0.2) is 0 Å². The molecule has 0 aliphatic carbocycles. The second kappa shape index (κ2) is 25.7. The Balaban J connectivity index is -0.00000000167. The van der Waals surface area contributed by atoms with Crippen LogP contribution in [0.15, 0.2) is 0 Å². The van der Waals surface area contributed by atoms with E-state index in [1.165, 1.54) is 0 Å². The van der Waals surface area contributed by atoms with Gasteiger partial charge >= 0.3 is 123 Å². The van der Waals surface area contributed by atoms with Gasteiger partial charge in [-0.3, -0.25) is 0 Å². The molecule has 0 radical (unpaired) electrons. The van der Waals surface area contributed by atoms with E-state index in [0.717, 1.165) is 0 Å². The molecule has 0 bridgehead atoms. The van der Waals surface area contributed by atoms with Crippen molar-refractivity contribution < 1.29 is 128 Å². The maximum atomic E-state index is 7.81. The minimum absolute atomic E-state index is 0. The molecule has 2 nitrogen and oxygen atoms in total. The van der Waals surface area contributed by atoms with Gasteiger partial charge in [-0.25, -0.2) is 0 Å². The maximum absolute atomic E-state index is 7.81. The van der Waals surface area contributed by atoms with E-state index in [1.54, 1.807) is 0 Å². The molecule has 0 aromatic rings. The van der Waals surface area contributed by atoms with E-state index >= 15 is 0 Å². The molecule has 0 heterocycles. The van der Waals surface area contributed by atoms with Gasteiger partial charge in [-0.1, -0.05) is 0 Å². The molecule has 0 amide bonds.